The second-order valence-corrected chi connectivity index (χ2v) is 8.91. The highest BCUT2D eigenvalue weighted by atomic mass is 31.2. The van der Waals surface area contributed by atoms with E-state index >= 15 is 0 Å². The molecule has 16 heteroatoms. The van der Waals surface area contributed by atoms with Crippen molar-refractivity contribution in [3.8, 4) is 0 Å². The lowest BCUT2D eigenvalue weighted by molar-refractivity contribution is -0.144. The van der Waals surface area contributed by atoms with Crippen molar-refractivity contribution >= 4 is 19.4 Å². The number of rotatable bonds is 11. The van der Waals surface area contributed by atoms with Crippen LogP contribution in [-0.4, -0.2) is 87.1 Å². The van der Waals surface area contributed by atoms with Crippen LogP contribution in [-0.2, 0) is 27.9 Å². The molecule has 1 saturated heterocycles. The Morgan fingerprint density at radius 1 is 1.21 bits per heavy atom. The quantitative estimate of drug-likeness (QED) is 0.170. The molecule has 186 valence electrons. The van der Waals surface area contributed by atoms with Crippen molar-refractivity contribution in [2.75, 3.05) is 26.0 Å². The van der Waals surface area contributed by atoms with Crippen LogP contribution < -0.4 is 21.9 Å². The predicted octanol–water partition coefficient (Wildman–Crippen LogP) is -3.03. The van der Waals surface area contributed by atoms with E-state index in [0.29, 0.717) is 0 Å². The van der Waals surface area contributed by atoms with E-state index in [4.69, 9.17) is 13.8 Å². The molecule has 1 fully saturated rings. The van der Waals surface area contributed by atoms with Gasteiger partial charge in [0.05, 0.1) is 19.8 Å². The number of aliphatic hydroxyl groups excluding tert-OH is 3. The summed E-state index contributed by atoms with van der Waals surface area (Å²) in [5.74, 6) is -1.88. The number of aromatic amines is 1. The molecule has 1 unspecified atom stereocenters. The summed E-state index contributed by atoms with van der Waals surface area (Å²) in [6.07, 6.45) is -8.07. The summed E-state index contributed by atoms with van der Waals surface area (Å²) in [5.41, 5.74) is -1.64. The molecule has 33 heavy (non-hydrogen) atoms. The first-order valence-electron chi connectivity index (χ1n) is 9.96. The third-order valence-electron chi connectivity index (χ3n) is 4.53. The molecule has 1 aliphatic heterocycles. The van der Waals surface area contributed by atoms with E-state index in [0.717, 1.165) is 16.8 Å². The zero-order valence-corrected chi connectivity index (χ0v) is 18.8. The van der Waals surface area contributed by atoms with E-state index in [1.165, 1.54) is 0 Å². The fourth-order valence-corrected chi connectivity index (χ4v) is 4.41. The van der Waals surface area contributed by atoms with Gasteiger partial charge in [-0.05, 0) is 13.8 Å². The second-order valence-electron chi connectivity index (χ2n) is 6.86. The summed E-state index contributed by atoms with van der Waals surface area (Å²) in [6.45, 7) is 2.77. The molecule has 0 aliphatic carbocycles. The highest BCUT2D eigenvalue weighted by Crippen LogP contribution is 2.46. The molecule has 15 nitrogen and oxygen atoms in total. The number of amides is 2. The average molecular weight is 494 g/mol. The Labute approximate surface area is 187 Å². The van der Waals surface area contributed by atoms with E-state index in [1.54, 1.807) is 13.8 Å². The summed E-state index contributed by atoms with van der Waals surface area (Å²) in [4.78, 5) is 49.2. The fourth-order valence-electron chi connectivity index (χ4n) is 2.99. The largest absolute Gasteiger partial charge is 0.387 e. The number of carbonyl (C=O) groups excluding carboxylic acids is 2. The zero-order valence-electron chi connectivity index (χ0n) is 17.9. The summed E-state index contributed by atoms with van der Waals surface area (Å²) >= 11 is 0. The summed E-state index contributed by atoms with van der Waals surface area (Å²) < 4.78 is 28.4. The van der Waals surface area contributed by atoms with Gasteiger partial charge in [0, 0.05) is 12.3 Å². The van der Waals surface area contributed by atoms with E-state index in [9.17, 15) is 39.1 Å². The van der Waals surface area contributed by atoms with E-state index in [-0.39, 0.29) is 13.2 Å². The number of hydrogen-bond acceptors (Lipinski definition) is 11. The average Bonchev–Trinajstić information content (AvgIpc) is 3.05. The first-order chi connectivity index (χ1) is 15.5. The summed E-state index contributed by atoms with van der Waals surface area (Å²) in [7, 11) is -3.54. The Bertz CT molecular complexity index is 986. The van der Waals surface area contributed by atoms with Crippen molar-refractivity contribution in [1.29, 1.82) is 0 Å². The molecule has 0 radical (unpaired) electrons. The normalized spacial score (nSPS) is 23.8. The van der Waals surface area contributed by atoms with Crippen LogP contribution in [0.5, 0.6) is 0 Å². The SMILES string of the molecule is CCOP(=O)(CNC(=O)CNC(=O)C(O)[C@H]1O[C@@H](n2ccc(=O)[nH]c2=O)[C@H](O)[C@@H]1O)OCC. The van der Waals surface area contributed by atoms with E-state index in [2.05, 4.69) is 10.6 Å². The van der Waals surface area contributed by atoms with Gasteiger partial charge >= 0.3 is 13.3 Å². The number of nitrogens with zero attached hydrogens (tertiary/aromatic N) is 1. The third kappa shape index (κ3) is 6.80. The minimum absolute atomic E-state index is 0.0951. The van der Waals surface area contributed by atoms with Crippen LogP contribution in [0, 0.1) is 0 Å². The molecule has 1 aliphatic rings. The lowest BCUT2D eigenvalue weighted by Crippen LogP contribution is -2.49. The Balaban J connectivity index is 1.93. The Morgan fingerprint density at radius 3 is 2.42 bits per heavy atom. The molecule has 0 spiro atoms. The maximum absolute atomic E-state index is 12.3. The maximum atomic E-state index is 12.3. The van der Waals surface area contributed by atoms with Crippen LogP contribution in [0.25, 0.3) is 0 Å². The first kappa shape index (κ1) is 26.9. The highest BCUT2D eigenvalue weighted by Gasteiger charge is 2.49. The molecule has 0 bridgehead atoms. The van der Waals surface area contributed by atoms with Crippen molar-refractivity contribution in [3.63, 3.8) is 0 Å². The second kappa shape index (κ2) is 11.7. The Kier molecular flexibility index (Phi) is 9.48. The van der Waals surface area contributed by atoms with Crippen LogP contribution in [0.4, 0.5) is 0 Å². The monoisotopic (exact) mass is 494 g/mol. The first-order valence-corrected chi connectivity index (χ1v) is 11.7. The van der Waals surface area contributed by atoms with Crippen molar-refractivity contribution in [3.05, 3.63) is 33.1 Å². The van der Waals surface area contributed by atoms with Gasteiger partial charge in [0.15, 0.2) is 12.3 Å². The number of H-pyrrole nitrogens is 1. The zero-order chi connectivity index (χ0) is 24.8. The smallest absolute Gasteiger partial charge is 0.349 e. The molecule has 6 N–H and O–H groups in total. The molecule has 2 heterocycles. The lowest BCUT2D eigenvalue weighted by atomic mass is 10.0. The number of aliphatic hydroxyl groups is 3. The molecule has 1 aromatic rings. The molecule has 2 amide bonds. The molecule has 0 saturated carbocycles. The standard InChI is InChI=1S/C17H27N4O11P/c1-3-30-33(29,31-4-2)8-19-10(23)7-18-15(27)13(26)14-11(24)12(25)16(32-14)21-6-5-9(22)20-17(21)28/h5-6,11-14,16,24-26H,3-4,7-8H2,1-2H3,(H,18,27)(H,19,23)(H,20,22,28)/t11-,12+,13?,14-,16+/m0/s1. The van der Waals surface area contributed by atoms with Crippen LogP contribution in [0.15, 0.2) is 21.9 Å². The van der Waals surface area contributed by atoms with Crippen LogP contribution >= 0.6 is 7.60 Å². The van der Waals surface area contributed by atoms with Crippen molar-refractivity contribution in [2.24, 2.45) is 0 Å². The van der Waals surface area contributed by atoms with Gasteiger partial charge < -0.3 is 39.7 Å². The molecule has 0 aromatic carbocycles. The lowest BCUT2D eigenvalue weighted by Gasteiger charge is -2.20. The number of hydrogen-bond donors (Lipinski definition) is 6. The van der Waals surface area contributed by atoms with Gasteiger partial charge in [0.25, 0.3) is 11.5 Å². The molecular weight excluding hydrogens is 467 g/mol. The van der Waals surface area contributed by atoms with Gasteiger partial charge in [-0.1, -0.05) is 0 Å². The predicted molar refractivity (Wildman–Crippen MR) is 110 cm³/mol. The Morgan fingerprint density at radius 2 is 1.85 bits per heavy atom. The maximum Gasteiger partial charge on any atom is 0.349 e. The van der Waals surface area contributed by atoms with Gasteiger partial charge in [0.1, 0.15) is 24.6 Å². The van der Waals surface area contributed by atoms with Crippen LogP contribution in [0.1, 0.15) is 20.1 Å². The van der Waals surface area contributed by atoms with Gasteiger partial charge in [-0.15, -0.1) is 0 Å². The van der Waals surface area contributed by atoms with Crippen molar-refractivity contribution < 1.29 is 43.3 Å². The third-order valence-corrected chi connectivity index (χ3v) is 6.37. The van der Waals surface area contributed by atoms with Crippen molar-refractivity contribution in [1.82, 2.24) is 20.2 Å². The van der Waals surface area contributed by atoms with Crippen LogP contribution in [0.2, 0.25) is 0 Å². The topological polar surface area (TPSA) is 219 Å². The minimum atomic E-state index is -3.54. The molecule has 1 aromatic heterocycles. The van der Waals surface area contributed by atoms with Gasteiger partial charge in [-0.3, -0.25) is 28.5 Å². The molecular formula is C17H27N4O11P. The fraction of sp³-hybridized carbons (Fsp3) is 0.647. The van der Waals surface area contributed by atoms with Gasteiger partial charge in [-0.2, -0.15) is 0 Å². The molecule has 2 rings (SSSR count). The Hall–Kier alpha value is -2.39. The van der Waals surface area contributed by atoms with Crippen molar-refractivity contribution in [2.45, 2.75) is 44.5 Å². The summed E-state index contributed by atoms with van der Waals surface area (Å²) in [5, 5.41) is 34.9. The summed E-state index contributed by atoms with van der Waals surface area (Å²) in [6, 6.07) is 0.981. The number of carbonyl (C=O) groups is 2. The number of ether oxygens (including phenoxy) is 1. The van der Waals surface area contributed by atoms with Gasteiger partial charge in [-0.25, -0.2) is 4.79 Å². The highest BCUT2D eigenvalue weighted by molar-refractivity contribution is 7.53. The minimum Gasteiger partial charge on any atom is -0.387 e. The number of aromatic nitrogens is 2. The van der Waals surface area contributed by atoms with E-state index in [1.807, 2.05) is 4.98 Å². The van der Waals surface area contributed by atoms with Gasteiger partial charge in [0.2, 0.25) is 5.91 Å². The number of nitrogens with one attached hydrogen (secondary N) is 3. The molecule has 5 atom stereocenters. The van der Waals surface area contributed by atoms with E-state index < -0.39 is 74.1 Å². The van der Waals surface area contributed by atoms with Crippen LogP contribution in [0.3, 0.4) is 0 Å².